The number of carbonyl (C=O) groups excluding carboxylic acids is 1. The van der Waals surface area contributed by atoms with E-state index in [0.29, 0.717) is 36.5 Å². The summed E-state index contributed by atoms with van der Waals surface area (Å²) in [5.41, 5.74) is 5.05. The van der Waals surface area contributed by atoms with Gasteiger partial charge in [-0.05, 0) is 61.7 Å². The van der Waals surface area contributed by atoms with Gasteiger partial charge in [-0.25, -0.2) is 8.42 Å². The average Bonchev–Trinajstić information content (AvgIpc) is 3.41. The minimum atomic E-state index is -3.74. The number of benzene rings is 3. The van der Waals surface area contributed by atoms with Crippen LogP contribution in [-0.4, -0.2) is 30.7 Å². The van der Waals surface area contributed by atoms with Crippen molar-refractivity contribution < 1.29 is 13.2 Å². The first-order valence-corrected chi connectivity index (χ1v) is 12.9. The largest absolute Gasteiger partial charge is 0.322 e. The Kier molecular flexibility index (Phi) is 5.90. The number of hydrogen-bond acceptors (Lipinski definition) is 4. The second kappa shape index (κ2) is 9.03. The van der Waals surface area contributed by atoms with E-state index in [2.05, 4.69) is 10.4 Å². The highest BCUT2D eigenvalue weighted by molar-refractivity contribution is 7.93. The Bertz CT molecular complexity index is 1490. The fourth-order valence-electron chi connectivity index (χ4n) is 4.53. The van der Waals surface area contributed by atoms with Gasteiger partial charge in [0.25, 0.3) is 15.9 Å². The van der Waals surface area contributed by atoms with Crippen molar-refractivity contribution in [3.63, 3.8) is 0 Å². The number of fused-ring (bicyclic) bond motifs is 1. The third-order valence-corrected chi connectivity index (χ3v) is 8.35. The lowest BCUT2D eigenvalue weighted by Crippen LogP contribution is -2.30. The summed E-state index contributed by atoms with van der Waals surface area (Å²) in [5.74, 6) is -0.187. The summed E-state index contributed by atoms with van der Waals surface area (Å²) < 4.78 is 30.4. The lowest BCUT2D eigenvalue weighted by Gasteiger charge is -2.19. The topological polar surface area (TPSA) is 84.3 Å². The van der Waals surface area contributed by atoms with Gasteiger partial charge in [-0.2, -0.15) is 5.10 Å². The van der Waals surface area contributed by atoms with Crippen LogP contribution < -0.4 is 9.62 Å². The molecule has 8 heteroatoms. The predicted octanol–water partition coefficient (Wildman–Crippen LogP) is 4.55. The second-order valence-electron chi connectivity index (χ2n) is 8.63. The molecule has 0 saturated carbocycles. The number of nitrogens with zero attached hydrogens (tertiary/aromatic N) is 3. The molecule has 2 heterocycles. The van der Waals surface area contributed by atoms with Crippen LogP contribution in [0.1, 0.15) is 32.9 Å². The van der Waals surface area contributed by atoms with Crippen molar-refractivity contribution in [3.8, 4) is 0 Å². The maximum absolute atomic E-state index is 13.6. The van der Waals surface area contributed by atoms with Gasteiger partial charge >= 0.3 is 0 Å². The van der Waals surface area contributed by atoms with Crippen LogP contribution in [0.3, 0.4) is 0 Å². The third-order valence-electron chi connectivity index (χ3n) is 6.29. The molecule has 0 bridgehead atoms. The molecule has 0 radical (unpaired) electrons. The quantitative estimate of drug-likeness (QED) is 0.433. The third kappa shape index (κ3) is 4.33. The molecule has 3 aromatic carbocycles. The van der Waals surface area contributed by atoms with Crippen molar-refractivity contribution in [1.29, 1.82) is 0 Å². The highest BCUT2D eigenvalue weighted by Crippen LogP contribution is 2.34. The molecule has 5 rings (SSSR count). The molecule has 0 spiro atoms. The Hall–Kier alpha value is -3.91. The first-order chi connectivity index (χ1) is 16.8. The summed E-state index contributed by atoms with van der Waals surface area (Å²) in [7, 11) is -3.74. The normalized spacial score (nSPS) is 13.0. The SMILES string of the molecule is Cc1nn(Cc2ccc(C(=O)Nc3ccccc3)cc2)c(C)c1S(=O)(=O)N1CCc2ccccc21. The van der Waals surface area contributed by atoms with E-state index < -0.39 is 10.0 Å². The number of para-hydroxylation sites is 2. The summed E-state index contributed by atoms with van der Waals surface area (Å²) in [6.45, 7) is 4.35. The van der Waals surface area contributed by atoms with E-state index in [0.717, 1.165) is 22.5 Å². The van der Waals surface area contributed by atoms with Gasteiger partial charge in [-0.3, -0.25) is 13.8 Å². The zero-order chi connectivity index (χ0) is 24.6. The monoisotopic (exact) mass is 486 g/mol. The second-order valence-corrected chi connectivity index (χ2v) is 10.4. The van der Waals surface area contributed by atoms with E-state index in [1.54, 1.807) is 30.7 Å². The molecule has 4 aromatic rings. The molecule has 1 aromatic heterocycles. The highest BCUT2D eigenvalue weighted by atomic mass is 32.2. The van der Waals surface area contributed by atoms with E-state index in [4.69, 9.17) is 0 Å². The molecule has 0 saturated heterocycles. The van der Waals surface area contributed by atoms with Gasteiger partial charge in [0.2, 0.25) is 0 Å². The van der Waals surface area contributed by atoms with Gasteiger partial charge in [0.1, 0.15) is 4.90 Å². The number of aromatic nitrogens is 2. The van der Waals surface area contributed by atoms with E-state index >= 15 is 0 Å². The summed E-state index contributed by atoms with van der Waals surface area (Å²) >= 11 is 0. The summed E-state index contributed by atoms with van der Waals surface area (Å²) in [5, 5.41) is 7.41. The van der Waals surface area contributed by atoms with Crippen molar-refractivity contribution in [2.24, 2.45) is 0 Å². The van der Waals surface area contributed by atoms with Gasteiger partial charge < -0.3 is 5.32 Å². The molecule has 0 fully saturated rings. The fraction of sp³-hybridized carbons (Fsp3) is 0.185. The zero-order valence-corrected chi connectivity index (χ0v) is 20.4. The lowest BCUT2D eigenvalue weighted by atomic mass is 10.1. The highest BCUT2D eigenvalue weighted by Gasteiger charge is 2.34. The number of rotatable bonds is 6. The van der Waals surface area contributed by atoms with Crippen LogP contribution in [0.2, 0.25) is 0 Å². The summed E-state index contributed by atoms with van der Waals surface area (Å²) in [6.07, 6.45) is 0.700. The van der Waals surface area contributed by atoms with Gasteiger partial charge in [0.15, 0.2) is 0 Å². The minimum absolute atomic E-state index is 0.187. The number of aryl methyl sites for hydroxylation is 1. The van der Waals surface area contributed by atoms with Crippen molar-refractivity contribution >= 4 is 27.3 Å². The average molecular weight is 487 g/mol. The minimum Gasteiger partial charge on any atom is -0.322 e. The van der Waals surface area contributed by atoms with Gasteiger partial charge in [0.05, 0.1) is 23.6 Å². The number of nitrogens with one attached hydrogen (secondary N) is 1. The molecule has 0 aliphatic carbocycles. The molecule has 0 unspecified atom stereocenters. The maximum Gasteiger partial charge on any atom is 0.268 e. The van der Waals surface area contributed by atoms with Crippen LogP contribution in [-0.2, 0) is 23.0 Å². The Balaban J connectivity index is 1.36. The van der Waals surface area contributed by atoms with Gasteiger partial charge in [0, 0.05) is 17.8 Å². The van der Waals surface area contributed by atoms with Crippen LogP contribution in [0.15, 0.2) is 83.8 Å². The Labute approximate surface area is 205 Å². The number of anilines is 2. The smallest absolute Gasteiger partial charge is 0.268 e. The maximum atomic E-state index is 13.6. The molecule has 1 aliphatic rings. The first kappa shape index (κ1) is 22.9. The number of carbonyl (C=O) groups is 1. The van der Waals surface area contributed by atoms with Gasteiger partial charge in [-0.1, -0.05) is 48.5 Å². The predicted molar refractivity (Wildman–Crippen MR) is 136 cm³/mol. The van der Waals surface area contributed by atoms with Crippen molar-refractivity contribution in [2.45, 2.75) is 31.7 Å². The van der Waals surface area contributed by atoms with Crippen LogP contribution >= 0.6 is 0 Å². The number of sulfonamides is 1. The molecule has 1 N–H and O–H groups in total. The van der Waals surface area contributed by atoms with E-state index in [9.17, 15) is 13.2 Å². The van der Waals surface area contributed by atoms with E-state index in [1.165, 1.54) is 4.31 Å². The molecule has 1 aliphatic heterocycles. The van der Waals surface area contributed by atoms with Crippen molar-refractivity contribution in [1.82, 2.24) is 9.78 Å². The van der Waals surface area contributed by atoms with E-state index in [-0.39, 0.29) is 10.8 Å². The first-order valence-electron chi connectivity index (χ1n) is 11.4. The van der Waals surface area contributed by atoms with Crippen LogP contribution in [0.5, 0.6) is 0 Å². The fourth-order valence-corrected chi connectivity index (χ4v) is 6.42. The Morgan fingerprint density at radius 3 is 2.37 bits per heavy atom. The van der Waals surface area contributed by atoms with E-state index in [1.807, 2.05) is 66.7 Å². The van der Waals surface area contributed by atoms with Crippen molar-refractivity contribution in [2.75, 3.05) is 16.2 Å². The van der Waals surface area contributed by atoms with Crippen LogP contribution in [0.25, 0.3) is 0 Å². The van der Waals surface area contributed by atoms with Gasteiger partial charge in [-0.15, -0.1) is 0 Å². The number of amides is 1. The van der Waals surface area contributed by atoms with Crippen LogP contribution in [0.4, 0.5) is 11.4 Å². The molecule has 0 atom stereocenters. The lowest BCUT2D eigenvalue weighted by molar-refractivity contribution is 0.102. The number of hydrogen-bond donors (Lipinski definition) is 1. The summed E-state index contributed by atoms with van der Waals surface area (Å²) in [6, 6.07) is 24.2. The molecule has 178 valence electrons. The molecule has 35 heavy (non-hydrogen) atoms. The molecular weight excluding hydrogens is 460 g/mol. The molecule has 7 nitrogen and oxygen atoms in total. The Morgan fingerprint density at radius 1 is 0.943 bits per heavy atom. The zero-order valence-electron chi connectivity index (χ0n) is 19.6. The summed E-state index contributed by atoms with van der Waals surface area (Å²) in [4.78, 5) is 12.8. The Morgan fingerprint density at radius 2 is 1.63 bits per heavy atom. The van der Waals surface area contributed by atoms with Crippen molar-refractivity contribution in [3.05, 3.63) is 107 Å². The molecule has 1 amide bonds. The standard InChI is InChI=1S/C27H26N4O3S/c1-19-26(35(33,34)31-17-16-22-8-6-7-11-25(22)31)20(2)30(29-19)18-21-12-14-23(15-13-21)27(32)28-24-9-4-3-5-10-24/h3-15H,16-18H2,1-2H3,(H,28,32). The molecular formula is C27H26N4O3S. The van der Waals surface area contributed by atoms with Crippen LogP contribution in [0, 0.1) is 13.8 Å².